The van der Waals surface area contributed by atoms with E-state index in [4.69, 9.17) is 9.15 Å². The Hall–Kier alpha value is -3.02. The van der Waals surface area contributed by atoms with E-state index < -0.39 is 5.97 Å². The summed E-state index contributed by atoms with van der Waals surface area (Å²) in [6.45, 7) is 5.24. The Kier molecular flexibility index (Phi) is 6.68. The van der Waals surface area contributed by atoms with Gasteiger partial charge in [-0.1, -0.05) is 50.6 Å². The highest BCUT2D eigenvalue weighted by Gasteiger charge is 2.21. The van der Waals surface area contributed by atoms with Crippen LogP contribution in [0.2, 0.25) is 0 Å². The van der Waals surface area contributed by atoms with Gasteiger partial charge in [0.1, 0.15) is 5.75 Å². The summed E-state index contributed by atoms with van der Waals surface area (Å²) in [6, 6.07) is 27.4. The molecule has 0 radical (unpaired) electrons. The van der Waals surface area contributed by atoms with Gasteiger partial charge < -0.3 is 4.74 Å². The molecule has 1 heterocycles. The number of benzene rings is 3. The van der Waals surface area contributed by atoms with E-state index in [1.165, 1.54) is 0 Å². The number of carbonyl (C=O) groups excluding carboxylic acids is 1. The van der Waals surface area contributed by atoms with Crippen molar-refractivity contribution in [2.45, 2.75) is 6.92 Å². The summed E-state index contributed by atoms with van der Waals surface area (Å²) in [5.41, 5.74) is 4.27. The molecule has 0 fully saturated rings. The highest BCUT2D eigenvalue weighted by molar-refractivity contribution is 9.10. The quantitative estimate of drug-likeness (QED) is 0.108. The van der Waals surface area contributed by atoms with Gasteiger partial charge in [0.15, 0.2) is 0 Å². The number of esters is 1. The lowest BCUT2D eigenvalue weighted by molar-refractivity contribution is -0.130. The minimum atomic E-state index is -0.439. The molecule has 0 aliphatic heterocycles. The molecule has 0 bridgehead atoms. The average molecular weight is 551 g/mol. The summed E-state index contributed by atoms with van der Waals surface area (Å²) in [5.74, 6) is 1.55. The van der Waals surface area contributed by atoms with Crippen LogP contribution in [-0.4, -0.2) is 5.97 Å². The molecule has 0 saturated carbocycles. The molecule has 32 heavy (non-hydrogen) atoms. The lowest BCUT2D eigenvalue weighted by Crippen LogP contribution is -2.07. The van der Waals surface area contributed by atoms with Crippen molar-refractivity contribution in [3.8, 4) is 39.5 Å². The average Bonchev–Trinajstić information content (AvgIpc) is 2.80. The van der Waals surface area contributed by atoms with Crippen molar-refractivity contribution in [3.05, 3.63) is 106 Å². The molecule has 0 unspecified atom stereocenters. The molecule has 0 aliphatic carbocycles. The van der Waals surface area contributed by atoms with Crippen molar-refractivity contribution in [2.24, 2.45) is 0 Å². The molecule has 1 aromatic heterocycles. The maximum absolute atomic E-state index is 11.8. The zero-order valence-corrected chi connectivity index (χ0v) is 20.4. The van der Waals surface area contributed by atoms with Crippen LogP contribution < -0.4 is 4.74 Å². The molecule has 0 saturated heterocycles. The molecule has 0 spiro atoms. The van der Waals surface area contributed by atoms with Crippen molar-refractivity contribution in [3.63, 3.8) is 0 Å². The van der Waals surface area contributed by atoms with Crippen LogP contribution in [0.1, 0.15) is 6.92 Å². The topological polar surface area (TPSA) is 37.6 Å². The predicted molar refractivity (Wildman–Crippen MR) is 135 cm³/mol. The summed E-state index contributed by atoms with van der Waals surface area (Å²) >= 11 is 6.97. The van der Waals surface area contributed by atoms with Gasteiger partial charge in [0.25, 0.3) is 0 Å². The molecule has 4 rings (SSSR count). The molecular weight excluding hydrogens is 532 g/mol. The third kappa shape index (κ3) is 5.23. The summed E-state index contributed by atoms with van der Waals surface area (Å²) in [6.07, 6.45) is 0. The Morgan fingerprint density at radius 3 is 1.59 bits per heavy atom. The lowest BCUT2D eigenvalue weighted by atomic mass is 10.0. The molecule has 158 valence electrons. The maximum Gasteiger partial charge on any atom is 0.361 e. The van der Waals surface area contributed by atoms with E-state index in [2.05, 4.69) is 38.4 Å². The lowest BCUT2D eigenvalue weighted by Gasteiger charge is -2.06. The van der Waals surface area contributed by atoms with Gasteiger partial charge in [-0.05, 0) is 73.2 Å². The van der Waals surface area contributed by atoms with E-state index in [1.807, 2.05) is 72.8 Å². The van der Waals surface area contributed by atoms with Crippen LogP contribution in [0, 0.1) is 0 Å². The molecule has 0 atom stereocenters. The number of carbonyl (C=O) groups is 1. The van der Waals surface area contributed by atoms with E-state index >= 15 is 0 Å². The predicted octanol–water partition coefficient (Wildman–Crippen LogP) is 8.57. The van der Waals surface area contributed by atoms with Gasteiger partial charge in [0.05, 0.1) is 23.3 Å². The third-order valence-electron chi connectivity index (χ3n) is 4.80. The van der Waals surface area contributed by atoms with Crippen LogP contribution in [0.25, 0.3) is 33.8 Å². The normalized spacial score (nSPS) is 10.6. The van der Waals surface area contributed by atoms with Crippen molar-refractivity contribution in [1.82, 2.24) is 0 Å². The van der Waals surface area contributed by atoms with E-state index in [9.17, 15) is 4.79 Å². The second-order valence-electron chi connectivity index (χ2n) is 7.28. The summed E-state index contributed by atoms with van der Waals surface area (Å²) in [4.78, 5) is 11.8. The van der Waals surface area contributed by atoms with Crippen molar-refractivity contribution in [2.75, 3.05) is 0 Å². The molecule has 3 nitrogen and oxygen atoms in total. The summed E-state index contributed by atoms with van der Waals surface area (Å²) in [7, 11) is 0. The number of rotatable bonds is 5. The first-order valence-corrected chi connectivity index (χ1v) is 11.5. The minimum Gasteiger partial charge on any atom is -0.423 e. The van der Waals surface area contributed by atoms with Gasteiger partial charge in [0, 0.05) is 20.1 Å². The largest absolute Gasteiger partial charge is 0.423 e. The monoisotopic (exact) mass is 549 g/mol. The van der Waals surface area contributed by atoms with Gasteiger partial charge in [-0.3, -0.25) is 0 Å². The Morgan fingerprint density at radius 2 is 1.16 bits per heavy atom. The molecule has 3 aromatic carbocycles. The SMILES string of the molecule is C=C(C)C(=O)Oc1ccc(-c2cc(-c3ccc(Br)cc3)[o+]c(-c3ccc(Br)cc3)c2)cc1. The van der Waals surface area contributed by atoms with E-state index in [1.54, 1.807) is 19.1 Å². The number of halogens is 2. The van der Waals surface area contributed by atoms with Gasteiger partial charge in [-0.25, -0.2) is 9.21 Å². The van der Waals surface area contributed by atoms with Crippen molar-refractivity contribution >= 4 is 37.8 Å². The molecule has 5 heteroatoms. The van der Waals surface area contributed by atoms with Crippen LogP contribution in [0.5, 0.6) is 5.75 Å². The Bertz CT molecular complexity index is 1210. The zero-order chi connectivity index (χ0) is 22.7. The van der Waals surface area contributed by atoms with Crippen LogP contribution in [-0.2, 0) is 4.79 Å². The van der Waals surface area contributed by atoms with Crippen LogP contribution in [0.15, 0.2) is 110 Å². The fourth-order valence-electron chi connectivity index (χ4n) is 3.09. The zero-order valence-electron chi connectivity index (χ0n) is 17.3. The fourth-order valence-corrected chi connectivity index (χ4v) is 3.62. The van der Waals surface area contributed by atoms with Gasteiger partial charge in [0.2, 0.25) is 0 Å². The maximum atomic E-state index is 11.8. The van der Waals surface area contributed by atoms with E-state index in [-0.39, 0.29) is 0 Å². The first kappa shape index (κ1) is 22.2. The van der Waals surface area contributed by atoms with Gasteiger partial charge >= 0.3 is 17.5 Å². The molecule has 0 N–H and O–H groups in total. The Balaban J connectivity index is 1.77. The second-order valence-corrected chi connectivity index (χ2v) is 9.11. The first-order chi connectivity index (χ1) is 15.4. The highest BCUT2D eigenvalue weighted by atomic mass is 79.9. The molecule has 4 aromatic rings. The Morgan fingerprint density at radius 1 is 0.719 bits per heavy atom. The van der Waals surface area contributed by atoms with E-state index in [0.29, 0.717) is 11.3 Å². The van der Waals surface area contributed by atoms with E-state index in [0.717, 1.165) is 42.7 Å². The second kappa shape index (κ2) is 9.63. The van der Waals surface area contributed by atoms with Crippen LogP contribution in [0.3, 0.4) is 0 Å². The number of ether oxygens (including phenoxy) is 1. The van der Waals surface area contributed by atoms with Crippen molar-refractivity contribution in [1.29, 1.82) is 0 Å². The Labute approximate surface area is 203 Å². The van der Waals surface area contributed by atoms with Gasteiger partial charge in [-0.2, -0.15) is 0 Å². The fraction of sp³-hybridized carbons (Fsp3) is 0.0370. The highest BCUT2D eigenvalue weighted by Crippen LogP contribution is 2.34. The first-order valence-electron chi connectivity index (χ1n) is 9.87. The van der Waals surface area contributed by atoms with Gasteiger partial charge in [-0.15, -0.1) is 0 Å². The van der Waals surface area contributed by atoms with Crippen molar-refractivity contribution < 1.29 is 13.9 Å². The summed E-state index contributed by atoms with van der Waals surface area (Å²) < 4.78 is 13.6. The molecule has 0 aliphatic rings. The number of hydrogen-bond acceptors (Lipinski definition) is 2. The van der Waals surface area contributed by atoms with Crippen LogP contribution >= 0.6 is 31.9 Å². The number of hydrogen-bond donors (Lipinski definition) is 0. The summed E-state index contributed by atoms with van der Waals surface area (Å²) in [5, 5.41) is 0. The third-order valence-corrected chi connectivity index (χ3v) is 5.85. The smallest absolute Gasteiger partial charge is 0.361 e. The minimum absolute atomic E-state index is 0.358. The molecule has 0 amide bonds. The van der Waals surface area contributed by atoms with Crippen LogP contribution in [0.4, 0.5) is 0 Å². The molecular formula is C27H19Br2O3+. The standard InChI is InChI=1S/C27H19Br2O3/c1-17(2)27(30)31-24-13-7-18(8-14-24)21-15-25(19-3-9-22(28)10-4-19)32-26(16-21)20-5-11-23(29)12-6-20/h3-16H,1H2,2H3/q+1.